The van der Waals surface area contributed by atoms with Crippen molar-refractivity contribution < 1.29 is 0 Å². The summed E-state index contributed by atoms with van der Waals surface area (Å²) in [6.45, 7) is 0. The van der Waals surface area contributed by atoms with E-state index in [2.05, 4.69) is 173 Å². The van der Waals surface area contributed by atoms with Crippen LogP contribution in [0.5, 0.6) is 0 Å². The lowest BCUT2D eigenvalue weighted by atomic mass is 9.98. The van der Waals surface area contributed by atoms with Crippen LogP contribution in [0.3, 0.4) is 0 Å². The summed E-state index contributed by atoms with van der Waals surface area (Å²) in [6, 6.07) is 61.8. The van der Waals surface area contributed by atoms with Gasteiger partial charge in [-0.2, -0.15) is 0 Å². The highest BCUT2D eigenvalue weighted by atomic mass is 15.2. The molecular formula is C47H29N5. The molecule has 0 fully saturated rings. The first kappa shape index (κ1) is 28.7. The maximum absolute atomic E-state index is 5.30. The number of para-hydroxylation sites is 3. The van der Waals surface area contributed by atoms with Crippen molar-refractivity contribution in [2.45, 2.75) is 0 Å². The Bertz CT molecular complexity index is 3160. The van der Waals surface area contributed by atoms with Gasteiger partial charge in [0.15, 0.2) is 0 Å². The molecule has 11 aromatic rings. The molecule has 0 bridgehead atoms. The molecule has 0 N–H and O–H groups in total. The molecule has 0 spiro atoms. The highest BCUT2D eigenvalue weighted by molar-refractivity contribution is 6.24. The first-order valence-corrected chi connectivity index (χ1v) is 17.5. The van der Waals surface area contributed by atoms with Gasteiger partial charge in [0.1, 0.15) is 5.82 Å². The van der Waals surface area contributed by atoms with Crippen LogP contribution >= 0.6 is 0 Å². The van der Waals surface area contributed by atoms with Crippen LogP contribution in [0.2, 0.25) is 0 Å². The highest BCUT2D eigenvalue weighted by Crippen LogP contribution is 2.41. The molecule has 0 saturated heterocycles. The third-order valence-corrected chi connectivity index (χ3v) is 10.3. The standard InChI is InChI=1S/C47H29N5/c1-4-14-31(15-5-1)44-36-21-10-12-22-39(36)49-47(50-44)52-41-23-13-11-20-35(41)38-29-37-33(28-42(38)52)25-24-30-26-27-40-45(43(30)37)51(34-18-8-3-9-19-34)46(48-40)32-16-6-2-7-17-32/h1-29H. The van der Waals surface area contributed by atoms with Gasteiger partial charge in [-0.3, -0.25) is 9.13 Å². The van der Waals surface area contributed by atoms with E-state index >= 15 is 0 Å². The van der Waals surface area contributed by atoms with Gasteiger partial charge >= 0.3 is 0 Å². The summed E-state index contributed by atoms with van der Waals surface area (Å²) >= 11 is 0. The van der Waals surface area contributed by atoms with E-state index in [0.29, 0.717) is 5.95 Å². The molecule has 0 saturated carbocycles. The zero-order valence-corrected chi connectivity index (χ0v) is 28.0. The fourth-order valence-corrected chi connectivity index (χ4v) is 7.97. The van der Waals surface area contributed by atoms with Gasteiger partial charge in [-0.05, 0) is 58.6 Å². The predicted octanol–water partition coefficient (Wildman–Crippen LogP) is 11.7. The third-order valence-electron chi connectivity index (χ3n) is 10.3. The number of nitrogens with zero attached hydrogens (tertiary/aromatic N) is 5. The number of fused-ring (bicyclic) bond motifs is 9. The summed E-state index contributed by atoms with van der Waals surface area (Å²) in [7, 11) is 0. The number of benzene rings is 8. The van der Waals surface area contributed by atoms with Gasteiger partial charge in [0, 0.05) is 38.4 Å². The number of hydrogen-bond donors (Lipinski definition) is 0. The average molecular weight is 664 g/mol. The molecule has 0 aliphatic rings. The zero-order valence-electron chi connectivity index (χ0n) is 28.0. The molecule has 5 nitrogen and oxygen atoms in total. The van der Waals surface area contributed by atoms with Crippen molar-refractivity contribution >= 4 is 65.3 Å². The normalized spacial score (nSPS) is 11.8. The summed E-state index contributed by atoms with van der Waals surface area (Å²) in [4.78, 5) is 15.8. The molecule has 242 valence electrons. The smallest absolute Gasteiger partial charge is 0.235 e. The third kappa shape index (κ3) is 4.26. The van der Waals surface area contributed by atoms with Gasteiger partial charge in [0.2, 0.25) is 5.95 Å². The van der Waals surface area contributed by atoms with Crippen LogP contribution in [0, 0.1) is 0 Å². The maximum Gasteiger partial charge on any atom is 0.235 e. The maximum atomic E-state index is 5.30. The van der Waals surface area contributed by atoms with E-state index in [1.165, 1.54) is 16.2 Å². The van der Waals surface area contributed by atoms with Gasteiger partial charge in [-0.1, -0.05) is 133 Å². The van der Waals surface area contributed by atoms with E-state index in [1.54, 1.807) is 0 Å². The number of imidazole rings is 1. The molecule has 3 heterocycles. The molecule has 11 rings (SSSR count). The van der Waals surface area contributed by atoms with E-state index in [0.717, 1.165) is 77.5 Å². The molecule has 3 aromatic heterocycles. The van der Waals surface area contributed by atoms with Crippen LogP contribution in [0.4, 0.5) is 0 Å². The minimum Gasteiger partial charge on any atom is -0.292 e. The Labute approximate surface area is 298 Å². The van der Waals surface area contributed by atoms with E-state index in [-0.39, 0.29) is 0 Å². The molecule has 0 unspecified atom stereocenters. The first-order valence-electron chi connectivity index (χ1n) is 17.5. The number of aromatic nitrogens is 5. The molecule has 8 aromatic carbocycles. The van der Waals surface area contributed by atoms with E-state index < -0.39 is 0 Å². The minimum atomic E-state index is 0.654. The molecule has 0 amide bonds. The quantitative estimate of drug-likeness (QED) is 0.176. The SMILES string of the molecule is c1ccc(-c2nc(-n3c4ccccc4c4cc5c(ccc6ccc7nc(-c8ccccc8)n(-c8ccccc8)c7c65)cc43)nc3ccccc23)cc1. The summed E-state index contributed by atoms with van der Waals surface area (Å²) in [6.07, 6.45) is 0. The Balaban J connectivity index is 1.25. The Hall–Kier alpha value is -7.11. The van der Waals surface area contributed by atoms with E-state index in [9.17, 15) is 0 Å². The monoisotopic (exact) mass is 663 g/mol. The van der Waals surface area contributed by atoms with Crippen molar-refractivity contribution in [2.75, 3.05) is 0 Å². The summed E-state index contributed by atoms with van der Waals surface area (Å²) in [5.74, 6) is 1.58. The van der Waals surface area contributed by atoms with Gasteiger partial charge in [-0.25, -0.2) is 15.0 Å². The molecular weight excluding hydrogens is 635 g/mol. The van der Waals surface area contributed by atoms with Gasteiger partial charge < -0.3 is 0 Å². The molecule has 52 heavy (non-hydrogen) atoms. The lowest BCUT2D eigenvalue weighted by molar-refractivity contribution is 1.01. The second kappa shape index (κ2) is 11.2. The largest absolute Gasteiger partial charge is 0.292 e. The molecule has 5 heteroatoms. The summed E-state index contributed by atoms with van der Waals surface area (Å²) < 4.78 is 4.56. The molecule has 0 aliphatic heterocycles. The second-order valence-electron chi connectivity index (χ2n) is 13.3. The van der Waals surface area contributed by atoms with Crippen molar-refractivity contribution in [3.63, 3.8) is 0 Å². The minimum absolute atomic E-state index is 0.654. The van der Waals surface area contributed by atoms with E-state index in [4.69, 9.17) is 15.0 Å². The number of hydrogen-bond acceptors (Lipinski definition) is 3. The molecule has 0 atom stereocenters. The number of rotatable bonds is 4. The van der Waals surface area contributed by atoms with Crippen molar-refractivity contribution in [3.8, 4) is 34.3 Å². The van der Waals surface area contributed by atoms with Crippen LogP contribution in [-0.4, -0.2) is 24.1 Å². The Kier molecular flexibility index (Phi) is 6.18. The van der Waals surface area contributed by atoms with Crippen molar-refractivity contribution in [2.24, 2.45) is 0 Å². The van der Waals surface area contributed by atoms with Gasteiger partial charge in [-0.15, -0.1) is 0 Å². The fraction of sp³-hybridized carbons (Fsp3) is 0. The molecule has 0 radical (unpaired) electrons. The van der Waals surface area contributed by atoms with Gasteiger partial charge in [0.05, 0.1) is 33.3 Å². The average Bonchev–Trinajstić information content (AvgIpc) is 3.76. The van der Waals surface area contributed by atoms with Crippen molar-refractivity contribution in [3.05, 3.63) is 176 Å². The van der Waals surface area contributed by atoms with Crippen molar-refractivity contribution in [1.82, 2.24) is 24.1 Å². The second-order valence-corrected chi connectivity index (χ2v) is 13.3. The Morgan fingerprint density at radius 3 is 1.85 bits per heavy atom. The Morgan fingerprint density at radius 2 is 1.04 bits per heavy atom. The molecule has 0 aliphatic carbocycles. The lowest BCUT2D eigenvalue weighted by Crippen LogP contribution is -2.03. The predicted molar refractivity (Wildman–Crippen MR) is 214 cm³/mol. The van der Waals surface area contributed by atoms with Crippen LogP contribution < -0.4 is 0 Å². The van der Waals surface area contributed by atoms with Crippen LogP contribution in [-0.2, 0) is 0 Å². The van der Waals surface area contributed by atoms with Crippen LogP contribution in [0.15, 0.2) is 176 Å². The lowest BCUT2D eigenvalue weighted by Gasteiger charge is -2.13. The van der Waals surface area contributed by atoms with E-state index in [1.807, 2.05) is 12.1 Å². The summed E-state index contributed by atoms with van der Waals surface area (Å²) in [5.41, 5.74) is 9.24. The fourth-order valence-electron chi connectivity index (χ4n) is 7.97. The highest BCUT2D eigenvalue weighted by Gasteiger charge is 2.21. The van der Waals surface area contributed by atoms with Crippen LogP contribution in [0.25, 0.3) is 99.6 Å². The first-order chi connectivity index (χ1) is 25.8. The summed E-state index contributed by atoms with van der Waals surface area (Å²) in [5, 5.41) is 8.01. The van der Waals surface area contributed by atoms with Crippen molar-refractivity contribution in [1.29, 1.82) is 0 Å². The zero-order chi connectivity index (χ0) is 34.2. The Morgan fingerprint density at radius 1 is 0.385 bits per heavy atom. The van der Waals surface area contributed by atoms with Crippen LogP contribution in [0.1, 0.15) is 0 Å². The topological polar surface area (TPSA) is 48.5 Å². The van der Waals surface area contributed by atoms with Gasteiger partial charge in [0.25, 0.3) is 0 Å².